The Morgan fingerprint density at radius 2 is 2.50 bits per heavy atom. The van der Waals surface area contributed by atoms with Gasteiger partial charge in [0.25, 0.3) is 0 Å². The fourth-order valence-electron chi connectivity index (χ4n) is 1.01. The van der Waals surface area contributed by atoms with Crippen LogP contribution in [0.4, 0.5) is 0 Å². The first kappa shape index (κ1) is 8.71. The summed E-state index contributed by atoms with van der Waals surface area (Å²) in [4.78, 5) is 10.4. The number of nitrogens with zero attached hydrogens (tertiary/aromatic N) is 2. The van der Waals surface area contributed by atoms with Gasteiger partial charge in [0.15, 0.2) is 6.29 Å². The van der Waals surface area contributed by atoms with Gasteiger partial charge in [-0.05, 0) is 19.9 Å². The summed E-state index contributed by atoms with van der Waals surface area (Å²) in [5.41, 5.74) is 2.49. The molecule has 1 aromatic heterocycles. The van der Waals surface area contributed by atoms with Crippen LogP contribution >= 0.6 is 0 Å². The highest BCUT2D eigenvalue weighted by molar-refractivity contribution is 5.71. The predicted molar refractivity (Wildman–Crippen MR) is 47.2 cm³/mol. The number of hydrogen-bond acceptors (Lipinski definition) is 2. The number of hydrogen-bond donors (Lipinski definition) is 0. The van der Waals surface area contributed by atoms with Crippen LogP contribution in [0, 0.1) is 6.92 Å². The predicted octanol–water partition coefficient (Wildman–Crippen LogP) is 1.58. The van der Waals surface area contributed by atoms with Crippen molar-refractivity contribution in [1.82, 2.24) is 9.78 Å². The van der Waals surface area contributed by atoms with E-state index in [0.29, 0.717) is 12.2 Å². The zero-order valence-electron chi connectivity index (χ0n) is 7.37. The van der Waals surface area contributed by atoms with Crippen molar-refractivity contribution >= 4 is 6.29 Å². The molecule has 0 atom stereocenters. The highest BCUT2D eigenvalue weighted by Crippen LogP contribution is 2.03. The molecular weight excluding hydrogens is 152 g/mol. The summed E-state index contributed by atoms with van der Waals surface area (Å²) < 4.78 is 1.77. The fraction of sp³-hybridized carbons (Fsp3) is 0.333. The first-order chi connectivity index (χ1) is 5.63. The molecule has 1 heterocycles. The summed E-state index contributed by atoms with van der Waals surface area (Å²) in [5, 5.41) is 4.06. The van der Waals surface area contributed by atoms with Crippen molar-refractivity contribution < 1.29 is 4.79 Å². The van der Waals surface area contributed by atoms with E-state index >= 15 is 0 Å². The molecule has 0 aliphatic carbocycles. The second kappa shape index (κ2) is 3.34. The molecule has 0 aliphatic rings. The summed E-state index contributed by atoms with van der Waals surface area (Å²) in [6, 6.07) is 1.76. The molecule has 12 heavy (non-hydrogen) atoms. The molecule has 0 spiro atoms. The topological polar surface area (TPSA) is 34.9 Å². The lowest BCUT2D eigenvalue weighted by Gasteiger charge is -2.01. The summed E-state index contributed by atoms with van der Waals surface area (Å²) >= 11 is 0. The van der Waals surface area contributed by atoms with Crippen molar-refractivity contribution in [3.63, 3.8) is 0 Å². The van der Waals surface area contributed by atoms with Gasteiger partial charge in [0, 0.05) is 5.69 Å². The Balaban J connectivity index is 2.91. The SMILES string of the molecule is C=C(C)Cn1nc(C=O)cc1C. The number of allylic oxidation sites excluding steroid dienone is 1. The second-order valence-electron chi connectivity index (χ2n) is 2.94. The average molecular weight is 164 g/mol. The number of rotatable bonds is 3. The summed E-state index contributed by atoms with van der Waals surface area (Å²) in [7, 11) is 0. The molecule has 0 fully saturated rings. The number of aromatic nitrogens is 2. The molecule has 1 rings (SSSR count). The Morgan fingerprint density at radius 3 is 2.92 bits per heavy atom. The number of carbonyl (C=O) groups is 1. The monoisotopic (exact) mass is 164 g/mol. The van der Waals surface area contributed by atoms with Crippen molar-refractivity contribution in [1.29, 1.82) is 0 Å². The van der Waals surface area contributed by atoms with Crippen LogP contribution in [0.3, 0.4) is 0 Å². The second-order valence-corrected chi connectivity index (χ2v) is 2.94. The van der Waals surface area contributed by atoms with E-state index < -0.39 is 0 Å². The first-order valence-electron chi connectivity index (χ1n) is 3.77. The zero-order valence-corrected chi connectivity index (χ0v) is 7.37. The van der Waals surface area contributed by atoms with E-state index in [9.17, 15) is 4.79 Å². The average Bonchev–Trinajstić information content (AvgIpc) is 2.31. The van der Waals surface area contributed by atoms with Crippen molar-refractivity contribution in [3.05, 3.63) is 29.6 Å². The number of aldehydes is 1. The van der Waals surface area contributed by atoms with Crippen molar-refractivity contribution in [2.24, 2.45) is 0 Å². The fourth-order valence-corrected chi connectivity index (χ4v) is 1.01. The Morgan fingerprint density at radius 1 is 1.83 bits per heavy atom. The maximum Gasteiger partial charge on any atom is 0.170 e. The third-order valence-electron chi connectivity index (χ3n) is 1.54. The number of carbonyl (C=O) groups excluding carboxylic acids is 1. The van der Waals surface area contributed by atoms with E-state index in [-0.39, 0.29) is 0 Å². The molecular formula is C9H12N2O. The van der Waals surface area contributed by atoms with Crippen LogP contribution in [0.1, 0.15) is 23.1 Å². The molecule has 0 amide bonds. The maximum absolute atomic E-state index is 10.4. The van der Waals surface area contributed by atoms with Gasteiger partial charge < -0.3 is 0 Å². The van der Waals surface area contributed by atoms with Crippen molar-refractivity contribution in [2.75, 3.05) is 0 Å². The quantitative estimate of drug-likeness (QED) is 0.502. The van der Waals surface area contributed by atoms with Crippen LogP contribution in [0.2, 0.25) is 0 Å². The van der Waals surface area contributed by atoms with E-state index in [1.54, 1.807) is 10.7 Å². The van der Waals surface area contributed by atoms with Crippen LogP contribution in [0.25, 0.3) is 0 Å². The molecule has 3 heteroatoms. The Hall–Kier alpha value is -1.38. The standard InChI is InChI=1S/C9H12N2O/c1-7(2)5-11-8(3)4-9(6-12)10-11/h4,6H,1,5H2,2-3H3. The van der Waals surface area contributed by atoms with Gasteiger partial charge in [0.1, 0.15) is 5.69 Å². The van der Waals surface area contributed by atoms with Gasteiger partial charge in [-0.25, -0.2) is 0 Å². The molecule has 0 N–H and O–H groups in total. The van der Waals surface area contributed by atoms with E-state index in [0.717, 1.165) is 17.6 Å². The van der Waals surface area contributed by atoms with E-state index in [1.807, 2.05) is 13.8 Å². The Kier molecular flexibility index (Phi) is 2.43. The molecule has 0 unspecified atom stereocenters. The lowest BCUT2D eigenvalue weighted by atomic mass is 10.3. The minimum atomic E-state index is 0.480. The molecule has 64 valence electrons. The van der Waals surface area contributed by atoms with Crippen molar-refractivity contribution in [3.8, 4) is 0 Å². The van der Waals surface area contributed by atoms with Gasteiger partial charge >= 0.3 is 0 Å². The molecule has 0 aliphatic heterocycles. The third-order valence-corrected chi connectivity index (χ3v) is 1.54. The minimum absolute atomic E-state index is 0.480. The van der Waals surface area contributed by atoms with Gasteiger partial charge in [0.05, 0.1) is 6.54 Å². The van der Waals surface area contributed by atoms with Crippen LogP contribution in [-0.2, 0) is 6.54 Å². The normalized spacial score (nSPS) is 9.83. The van der Waals surface area contributed by atoms with Crippen molar-refractivity contribution in [2.45, 2.75) is 20.4 Å². The molecule has 1 aromatic rings. The largest absolute Gasteiger partial charge is 0.296 e. The molecule has 0 radical (unpaired) electrons. The van der Waals surface area contributed by atoms with Crippen LogP contribution < -0.4 is 0 Å². The highest BCUT2D eigenvalue weighted by Gasteiger charge is 2.01. The van der Waals surface area contributed by atoms with Gasteiger partial charge in [-0.1, -0.05) is 12.2 Å². The molecule has 0 aromatic carbocycles. The molecule has 0 saturated heterocycles. The smallest absolute Gasteiger partial charge is 0.170 e. The van der Waals surface area contributed by atoms with Crippen LogP contribution in [0.5, 0.6) is 0 Å². The summed E-state index contributed by atoms with van der Waals surface area (Å²) in [5.74, 6) is 0. The molecule has 3 nitrogen and oxygen atoms in total. The Labute approximate surface area is 71.7 Å². The Bertz CT molecular complexity index is 312. The van der Waals surface area contributed by atoms with Crippen LogP contribution in [0.15, 0.2) is 18.2 Å². The van der Waals surface area contributed by atoms with Gasteiger partial charge in [-0.2, -0.15) is 5.10 Å². The number of aryl methyl sites for hydroxylation is 1. The van der Waals surface area contributed by atoms with E-state index in [4.69, 9.17) is 0 Å². The summed E-state index contributed by atoms with van der Waals surface area (Å²) in [6.45, 7) is 8.31. The van der Waals surface area contributed by atoms with Crippen LogP contribution in [-0.4, -0.2) is 16.1 Å². The minimum Gasteiger partial charge on any atom is -0.296 e. The lowest BCUT2D eigenvalue weighted by Crippen LogP contribution is -2.02. The van der Waals surface area contributed by atoms with Gasteiger partial charge in [0.2, 0.25) is 0 Å². The van der Waals surface area contributed by atoms with E-state index in [1.165, 1.54) is 0 Å². The van der Waals surface area contributed by atoms with Gasteiger partial charge in [-0.3, -0.25) is 9.48 Å². The lowest BCUT2D eigenvalue weighted by molar-refractivity contribution is 0.111. The van der Waals surface area contributed by atoms with E-state index in [2.05, 4.69) is 11.7 Å². The molecule has 0 bridgehead atoms. The first-order valence-corrected chi connectivity index (χ1v) is 3.77. The highest BCUT2D eigenvalue weighted by atomic mass is 16.1. The maximum atomic E-state index is 10.4. The van der Waals surface area contributed by atoms with Gasteiger partial charge in [-0.15, -0.1) is 0 Å². The third kappa shape index (κ3) is 1.81. The summed E-state index contributed by atoms with van der Waals surface area (Å²) in [6.07, 6.45) is 0.752. The zero-order chi connectivity index (χ0) is 9.14. The molecule has 0 saturated carbocycles.